The fourth-order valence-corrected chi connectivity index (χ4v) is 2.24. The number of Topliss-reactive ketones (excluding diaryl/α,β-unsaturated/α-hetero) is 1. The molecule has 1 aliphatic rings. The summed E-state index contributed by atoms with van der Waals surface area (Å²) in [5.74, 6) is -0.697. The van der Waals surface area contributed by atoms with Crippen LogP contribution in [-0.4, -0.2) is 30.9 Å². The van der Waals surface area contributed by atoms with Crippen LogP contribution in [0.3, 0.4) is 0 Å². The number of carbonyl (C=O) groups is 3. The quantitative estimate of drug-likeness (QED) is 0.689. The van der Waals surface area contributed by atoms with Crippen molar-refractivity contribution in [3.63, 3.8) is 0 Å². The van der Waals surface area contributed by atoms with Crippen LogP contribution in [0.2, 0.25) is 0 Å². The van der Waals surface area contributed by atoms with Crippen molar-refractivity contribution in [3.8, 4) is 5.75 Å². The van der Waals surface area contributed by atoms with E-state index in [1.165, 1.54) is 6.07 Å². The molecule has 0 bridgehead atoms. The molecular weight excluding hydrogens is 310 g/mol. The zero-order chi connectivity index (χ0) is 17.1. The molecule has 0 radical (unpaired) electrons. The number of hydrogen-bond acceptors (Lipinski definition) is 5. The number of aryl methyl sites for hydroxylation is 1. The minimum Gasteiger partial charge on any atom is -0.482 e. The van der Waals surface area contributed by atoms with Crippen molar-refractivity contribution in [1.29, 1.82) is 0 Å². The van der Waals surface area contributed by atoms with Gasteiger partial charge in [-0.25, -0.2) is 4.79 Å². The molecule has 0 aromatic heterocycles. The Kier molecular flexibility index (Phi) is 4.29. The second-order valence-electron chi connectivity index (χ2n) is 5.41. The van der Waals surface area contributed by atoms with Gasteiger partial charge in [-0.3, -0.25) is 9.59 Å². The van der Waals surface area contributed by atoms with E-state index >= 15 is 0 Å². The summed E-state index contributed by atoms with van der Waals surface area (Å²) < 4.78 is 10.3. The van der Waals surface area contributed by atoms with Crippen molar-refractivity contribution in [1.82, 2.24) is 0 Å². The van der Waals surface area contributed by atoms with Gasteiger partial charge in [0.1, 0.15) is 5.75 Å². The lowest BCUT2D eigenvalue weighted by atomic mass is 10.1. The van der Waals surface area contributed by atoms with Crippen molar-refractivity contribution in [3.05, 3.63) is 59.2 Å². The molecule has 0 atom stereocenters. The first-order chi connectivity index (χ1) is 11.5. The Morgan fingerprint density at radius 3 is 2.58 bits per heavy atom. The highest BCUT2D eigenvalue weighted by molar-refractivity contribution is 6.02. The molecule has 1 N–H and O–H groups in total. The fourth-order valence-electron chi connectivity index (χ4n) is 2.24. The third-order valence-corrected chi connectivity index (χ3v) is 3.56. The standard InChI is InChI=1S/C18H15NO5/c1-11-2-4-12(5-3-11)18(22)24-9-15(20)13-6-7-16-14(8-13)19-17(21)10-23-16/h2-8H,9-10H2,1H3,(H,19,21). The van der Waals surface area contributed by atoms with Gasteiger partial charge < -0.3 is 14.8 Å². The Bertz CT molecular complexity index is 811. The van der Waals surface area contributed by atoms with Gasteiger partial charge in [-0.15, -0.1) is 0 Å². The minimum atomic E-state index is -0.557. The second-order valence-corrected chi connectivity index (χ2v) is 5.41. The first-order valence-corrected chi connectivity index (χ1v) is 7.36. The number of ketones is 1. The molecule has 0 unspecified atom stereocenters. The van der Waals surface area contributed by atoms with Crippen molar-refractivity contribution in [2.75, 3.05) is 18.5 Å². The lowest BCUT2D eigenvalue weighted by Crippen LogP contribution is -2.25. The average molecular weight is 325 g/mol. The molecule has 3 rings (SSSR count). The first-order valence-electron chi connectivity index (χ1n) is 7.36. The summed E-state index contributed by atoms with van der Waals surface area (Å²) in [7, 11) is 0. The van der Waals surface area contributed by atoms with Gasteiger partial charge in [0.2, 0.25) is 0 Å². The molecule has 1 heterocycles. The zero-order valence-corrected chi connectivity index (χ0v) is 13.0. The molecule has 122 valence electrons. The molecule has 0 fully saturated rings. The summed E-state index contributed by atoms with van der Waals surface area (Å²) in [6.45, 7) is 1.49. The summed E-state index contributed by atoms with van der Waals surface area (Å²) in [5.41, 5.74) is 2.18. The monoisotopic (exact) mass is 325 g/mol. The highest BCUT2D eigenvalue weighted by Gasteiger charge is 2.18. The highest BCUT2D eigenvalue weighted by Crippen LogP contribution is 2.28. The maximum atomic E-state index is 12.2. The number of nitrogens with one attached hydrogen (secondary N) is 1. The van der Waals surface area contributed by atoms with E-state index in [0.29, 0.717) is 22.6 Å². The second kappa shape index (κ2) is 6.54. The van der Waals surface area contributed by atoms with E-state index in [4.69, 9.17) is 9.47 Å². The van der Waals surface area contributed by atoms with Gasteiger partial charge in [0.15, 0.2) is 19.0 Å². The summed E-state index contributed by atoms with van der Waals surface area (Å²) in [6.07, 6.45) is 0. The van der Waals surface area contributed by atoms with E-state index in [1.807, 2.05) is 6.92 Å². The zero-order valence-electron chi connectivity index (χ0n) is 13.0. The first kappa shape index (κ1) is 15.7. The maximum Gasteiger partial charge on any atom is 0.338 e. The number of hydrogen-bond donors (Lipinski definition) is 1. The van der Waals surface area contributed by atoms with Crippen molar-refractivity contribution >= 4 is 23.3 Å². The number of rotatable bonds is 4. The number of benzene rings is 2. The third-order valence-electron chi connectivity index (χ3n) is 3.56. The number of carbonyl (C=O) groups excluding carboxylic acids is 3. The maximum absolute atomic E-state index is 12.2. The van der Waals surface area contributed by atoms with Gasteiger partial charge in [0, 0.05) is 5.56 Å². The molecule has 1 aliphatic heterocycles. The highest BCUT2D eigenvalue weighted by atomic mass is 16.5. The van der Waals surface area contributed by atoms with Gasteiger partial charge in [-0.1, -0.05) is 17.7 Å². The molecule has 0 spiro atoms. The van der Waals surface area contributed by atoms with E-state index in [1.54, 1.807) is 36.4 Å². The summed E-state index contributed by atoms with van der Waals surface area (Å²) >= 11 is 0. The number of anilines is 1. The van der Waals surface area contributed by atoms with Gasteiger partial charge >= 0.3 is 5.97 Å². The molecule has 6 heteroatoms. The van der Waals surface area contributed by atoms with Crippen LogP contribution in [0, 0.1) is 6.92 Å². The van der Waals surface area contributed by atoms with E-state index in [-0.39, 0.29) is 24.9 Å². The molecule has 24 heavy (non-hydrogen) atoms. The Balaban J connectivity index is 1.65. The Morgan fingerprint density at radius 2 is 1.83 bits per heavy atom. The van der Waals surface area contributed by atoms with Crippen LogP contribution in [0.25, 0.3) is 0 Å². The summed E-state index contributed by atoms with van der Waals surface area (Å²) in [4.78, 5) is 35.4. The molecule has 0 saturated carbocycles. The predicted molar refractivity (Wildman–Crippen MR) is 86.4 cm³/mol. The van der Waals surface area contributed by atoms with Gasteiger partial charge in [0.05, 0.1) is 11.3 Å². The van der Waals surface area contributed by atoms with Crippen LogP contribution in [0.4, 0.5) is 5.69 Å². The molecule has 2 aromatic rings. The predicted octanol–water partition coefficient (Wildman–Crippen LogP) is 2.37. The SMILES string of the molecule is Cc1ccc(C(=O)OCC(=O)c2ccc3c(c2)NC(=O)CO3)cc1. The average Bonchev–Trinajstić information content (AvgIpc) is 2.59. The lowest BCUT2D eigenvalue weighted by Gasteiger charge is -2.18. The van der Waals surface area contributed by atoms with Crippen LogP contribution < -0.4 is 10.1 Å². The molecule has 6 nitrogen and oxygen atoms in total. The largest absolute Gasteiger partial charge is 0.482 e. The van der Waals surface area contributed by atoms with E-state index in [2.05, 4.69) is 5.32 Å². The lowest BCUT2D eigenvalue weighted by molar-refractivity contribution is -0.118. The Morgan fingerprint density at radius 1 is 1.12 bits per heavy atom. The van der Waals surface area contributed by atoms with E-state index in [0.717, 1.165) is 5.56 Å². The van der Waals surface area contributed by atoms with Gasteiger partial charge in [0.25, 0.3) is 5.91 Å². The van der Waals surface area contributed by atoms with Crippen molar-refractivity contribution < 1.29 is 23.9 Å². The molecular formula is C18H15NO5. The smallest absolute Gasteiger partial charge is 0.338 e. The van der Waals surface area contributed by atoms with Crippen LogP contribution in [0.5, 0.6) is 5.75 Å². The summed E-state index contributed by atoms with van der Waals surface area (Å²) in [5, 5.41) is 2.63. The van der Waals surface area contributed by atoms with Crippen LogP contribution in [0.1, 0.15) is 26.3 Å². The van der Waals surface area contributed by atoms with Gasteiger partial charge in [-0.05, 0) is 37.3 Å². The number of fused-ring (bicyclic) bond motifs is 1. The van der Waals surface area contributed by atoms with E-state index in [9.17, 15) is 14.4 Å². The fraction of sp³-hybridized carbons (Fsp3) is 0.167. The molecule has 0 saturated heterocycles. The molecule has 2 aromatic carbocycles. The van der Waals surface area contributed by atoms with Crippen molar-refractivity contribution in [2.24, 2.45) is 0 Å². The van der Waals surface area contributed by atoms with E-state index < -0.39 is 5.97 Å². The van der Waals surface area contributed by atoms with Crippen molar-refractivity contribution in [2.45, 2.75) is 6.92 Å². The normalized spacial score (nSPS) is 12.6. The minimum absolute atomic E-state index is 0.0472. The van der Waals surface area contributed by atoms with Crippen LogP contribution >= 0.6 is 0 Å². The molecule has 1 amide bonds. The van der Waals surface area contributed by atoms with Crippen LogP contribution in [-0.2, 0) is 9.53 Å². The summed E-state index contributed by atoms with van der Waals surface area (Å²) in [6, 6.07) is 11.6. The Labute approximate surface area is 138 Å². The van der Waals surface area contributed by atoms with Gasteiger partial charge in [-0.2, -0.15) is 0 Å². The molecule has 0 aliphatic carbocycles. The number of ether oxygens (including phenoxy) is 2. The van der Waals surface area contributed by atoms with Crippen LogP contribution in [0.15, 0.2) is 42.5 Å². The topological polar surface area (TPSA) is 81.7 Å². The number of amides is 1. The third kappa shape index (κ3) is 3.43. The Hall–Kier alpha value is -3.15. The number of esters is 1.